The van der Waals surface area contributed by atoms with Gasteiger partial charge in [-0.2, -0.15) is 0 Å². The Balaban J connectivity index is 0.000000132. The average molecular weight is 1720 g/mol. The molecule has 0 spiro atoms. The van der Waals surface area contributed by atoms with E-state index in [1.165, 1.54) is 272 Å². The zero-order valence-corrected chi connectivity index (χ0v) is 74.0. The third-order valence-corrected chi connectivity index (χ3v) is 29.7. The molecule has 0 aliphatic heterocycles. The second-order valence-electron chi connectivity index (χ2n) is 36.8. The summed E-state index contributed by atoms with van der Waals surface area (Å²) in [5.74, 6) is 0. The molecule has 4 nitrogen and oxygen atoms in total. The summed E-state index contributed by atoms with van der Waals surface area (Å²) in [6.07, 6.45) is 0. The molecular formula is C132H80N4. The molecule has 4 heterocycles. The molecule has 26 aromatic carbocycles. The Morgan fingerprint density at radius 3 is 0.743 bits per heavy atom. The molecule has 0 bridgehead atoms. The molecule has 136 heavy (non-hydrogen) atoms. The van der Waals surface area contributed by atoms with Gasteiger partial charge in [-0.15, -0.1) is 0 Å². The number of fused-ring (bicyclic) bond motifs is 34. The molecule has 0 fully saturated rings. The highest BCUT2D eigenvalue weighted by Crippen LogP contribution is 2.51. The van der Waals surface area contributed by atoms with Gasteiger partial charge in [-0.25, -0.2) is 0 Å². The quantitative estimate of drug-likeness (QED) is 0.135. The molecule has 0 aliphatic rings. The van der Waals surface area contributed by atoms with Gasteiger partial charge in [-0.05, 0) is 307 Å². The summed E-state index contributed by atoms with van der Waals surface area (Å²) in [6, 6.07) is 180. The molecule has 0 unspecified atom stereocenters. The fourth-order valence-corrected chi connectivity index (χ4v) is 23.6. The Hall–Kier alpha value is -18.0. The number of para-hydroxylation sites is 4. The molecule has 0 saturated carbocycles. The summed E-state index contributed by atoms with van der Waals surface area (Å²) in [7, 11) is 0. The summed E-state index contributed by atoms with van der Waals surface area (Å²) in [4.78, 5) is 0. The van der Waals surface area contributed by atoms with E-state index in [-0.39, 0.29) is 0 Å². The van der Waals surface area contributed by atoms with Crippen LogP contribution in [0.4, 0.5) is 0 Å². The van der Waals surface area contributed by atoms with Crippen molar-refractivity contribution in [2.75, 3.05) is 0 Å². The molecule has 4 heteroatoms. The number of hydrogen-bond acceptors (Lipinski definition) is 0. The van der Waals surface area contributed by atoms with Crippen LogP contribution >= 0.6 is 0 Å². The summed E-state index contributed by atoms with van der Waals surface area (Å²) < 4.78 is 9.72. The van der Waals surface area contributed by atoms with Gasteiger partial charge >= 0.3 is 0 Å². The van der Waals surface area contributed by atoms with Crippen molar-refractivity contribution in [2.24, 2.45) is 0 Å². The summed E-state index contributed by atoms with van der Waals surface area (Å²) >= 11 is 0. The van der Waals surface area contributed by atoms with Gasteiger partial charge in [0.1, 0.15) is 0 Å². The zero-order chi connectivity index (χ0) is 88.9. The van der Waals surface area contributed by atoms with Gasteiger partial charge in [0.2, 0.25) is 0 Å². The van der Waals surface area contributed by atoms with Crippen LogP contribution in [0.2, 0.25) is 0 Å². The lowest BCUT2D eigenvalue weighted by Gasteiger charge is -2.18. The van der Waals surface area contributed by atoms with Crippen molar-refractivity contribution in [2.45, 2.75) is 0 Å². The second-order valence-corrected chi connectivity index (χ2v) is 36.8. The van der Waals surface area contributed by atoms with Crippen LogP contribution in [0.15, 0.2) is 485 Å². The van der Waals surface area contributed by atoms with E-state index in [4.69, 9.17) is 0 Å². The van der Waals surface area contributed by atoms with Gasteiger partial charge in [0.05, 0.1) is 44.1 Å². The van der Waals surface area contributed by atoms with Gasteiger partial charge in [0.15, 0.2) is 0 Å². The van der Waals surface area contributed by atoms with Crippen LogP contribution in [-0.4, -0.2) is 18.3 Å². The van der Waals surface area contributed by atoms with E-state index in [0.717, 1.165) is 11.4 Å². The Labute approximate surface area is 781 Å². The molecule has 0 amide bonds. The van der Waals surface area contributed by atoms with Crippen molar-refractivity contribution in [3.63, 3.8) is 0 Å². The predicted octanol–water partition coefficient (Wildman–Crippen LogP) is 36.3. The number of nitrogens with zero attached hydrogens (tertiary/aromatic N) is 4. The first kappa shape index (κ1) is 75.8. The topological polar surface area (TPSA) is 19.7 Å². The minimum absolute atomic E-state index is 1.14. The van der Waals surface area contributed by atoms with Crippen LogP contribution in [0.1, 0.15) is 0 Å². The predicted molar refractivity (Wildman–Crippen MR) is 582 cm³/mol. The van der Waals surface area contributed by atoms with E-state index in [1.54, 1.807) is 0 Å². The lowest BCUT2D eigenvalue weighted by atomic mass is 9.85. The van der Waals surface area contributed by atoms with Crippen molar-refractivity contribution in [1.29, 1.82) is 0 Å². The maximum Gasteiger partial charge on any atom is 0.0541 e. The highest BCUT2D eigenvalue weighted by molar-refractivity contribution is 6.39. The summed E-state index contributed by atoms with van der Waals surface area (Å²) in [6.45, 7) is 0. The molecular weight excluding hydrogens is 1640 g/mol. The van der Waals surface area contributed by atoms with Crippen molar-refractivity contribution >= 4 is 216 Å². The Bertz CT molecular complexity index is 10400. The molecule has 0 radical (unpaired) electrons. The monoisotopic (exact) mass is 1720 g/mol. The van der Waals surface area contributed by atoms with E-state index in [0.29, 0.717) is 0 Å². The van der Waals surface area contributed by atoms with E-state index in [2.05, 4.69) is 504 Å². The third kappa shape index (κ3) is 11.5. The van der Waals surface area contributed by atoms with Crippen LogP contribution in [-0.2, 0) is 0 Å². The van der Waals surface area contributed by atoms with Crippen molar-refractivity contribution in [3.05, 3.63) is 485 Å². The van der Waals surface area contributed by atoms with E-state index >= 15 is 0 Å². The fraction of sp³-hybridized carbons (Fsp3) is 0. The van der Waals surface area contributed by atoms with Gasteiger partial charge in [0.25, 0.3) is 0 Å². The second kappa shape index (κ2) is 29.8. The van der Waals surface area contributed by atoms with Gasteiger partial charge in [-0.3, -0.25) is 0 Å². The van der Waals surface area contributed by atoms with Crippen LogP contribution in [0.5, 0.6) is 0 Å². The first-order chi connectivity index (χ1) is 67.5. The van der Waals surface area contributed by atoms with Gasteiger partial charge < -0.3 is 18.3 Å². The Kier molecular flexibility index (Phi) is 16.6. The molecule has 628 valence electrons. The first-order valence-electron chi connectivity index (χ1n) is 47.2. The fourth-order valence-electron chi connectivity index (χ4n) is 23.6. The van der Waals surface area contributed by atoms with E-state index in [9.17, 15) is 0 Å². The van der Waals surface area contributed by atoms with Crippen LogP contribution in [0, 0.1) is 0 Å². The van der Waals surface area contributed by atoms with Crippen molar-refractivity contribution < 1.29 is 0 Å². The lowest BCUT2D eigenvalue weighted by molar-refractivity contribution is 1.18. The van der Waals surface area contributed by atoms with Crippen LogP contribution in [0.25, 0.3) is 284 Å². The van der Waals surface area contributed by atoms with Crippen LogP contribution in [0.3, 0.4) is 0 Å². The van der Waals surface area contributed by atoms with E-state index in [1.807, 2.05) is 0 Å². The largest absolute Gasteiger partial charge is 0.309 e. The number of benzene rings is 26. The molecule has 4 aromatic heterocycles. The smallest absolute Gasteiger partial charge is 0.0541 e. The van der Waals surface area contributed by atoms with Crippen molar-refractivity contribution in [3.8, 4) is 67.3 Å². The molecule has 0 saturated heterocycles. The normalized spacial score (nSPS) is 12.1. The number of hydrogen-bond donors (Lipinski definition) is 0. The highest BCUT2D eigenvalue weighted by Gasteiger charge is 2.25. The number of aromatic nitrogens is 4. The highest BCUT2D eigenvalue weighted by atomic mass is 15.0. The molecule has 30 rings (SSSR count). The third-order valence-electron chi connectivity index (χ3n) is 29.7. The van der Waals surface area contributed by atoms with Crippen LogP contribution < -0.4 is 0 Å². The van der Waals surface area contributed by atoms with Gasteiger partial charge in [-0.1, -0.05) is 352 Å². The lowest BCUT2D eigenvalue weighted by Crippen LogP contribution is -1.95. The first-order valence-corrected chi connectivity index (χ1v) is 47.2. The van der Waals surface area contributed by atoms with Gasteiger partial charge in [0, 0.05) is 65.8 Å². The summed E-state index contributed by atoms with van der Waals surface area (Å²) in [5, 5.41) is 40.7. The molecule has 30 aromatic rings. The molecule has 0 atom stereocenters. The van der Waals surface area contributed by atoms with Crippen molar-refractivity contribution in [1.82, 2.24) is 18.3 Å². The SMILES string of the molecule is c1cc(-c2cc3c4ccccc4c4ccccc4c3c3c2ccc2ccccc23)cc(-n2c3ccccc3c3cc(-c4ccc5c(c4)c4ccccc4n5-c4ccc5ccccc5c4)ccc32)c1.c1ccc2cc(-n3c4ccccc4c4cc(-c5ccc6c(c5)c5ccccc5n6-c5ccc(-c6cc7c8ccccc8c8ccccc8c7c7c6ccc6ccccc67)cc5)ccc43)ccc2c1. The minimum Gasteiger partial charge on any atom is -0.309 e. The minimum atomic E-state index is 1.14. The molecule has 0 aliphatic carbocycles. The average Bonchev–Trinajstić information content (AvgIpc) is 1.07. The maximum atomic E-state index is 2.47. The standard InChI is InChI=1S/2C66H40N2/c1-2-16-43-36-48(32-28-41(43)14-1)68-62-27-12-10-24-54(62)59-39-45(31-35-64(59)68)44-30-34-63-58(38-44)53-23-9-11-26-61(53)67(63)47-18-13-17-46(37-47)57-40-60-52-22-6-5-20-50(52)51-21-7-8-25-55(51)66(60)65-49-19-4-3-15-42(49)29-33-56(57)65;1-2-15-44-37-48(33-25-41(44)13-1)68-62-24-12-10-21-54(62)59-39-46(30-36-64(59)68)45-29-35-63-58(38-45)53-20-9-11-23-61(53)67(63)47-31-26-43(27-32-47)57-40-60-52-19-6-5-17-50(52)51-18-7-8-22-55(51)66(60)65-49-16-4-3-14-42(49)28-34-56(57)65/h2*1-40H. The molecule has 0 N–H and O–H groups in total. The Morgan fingerprint density at radius 1 is 0.103 bits per heavy atom. The maximum absolute atomic E-state index is 2.47. The van der Waals surface area contributed by atoms with E-state index < -0.39 is 0 Å². The Morgan fingerprint density at radius 2 is 0.360 bits per heavy atom. The zero-order valence-electron chi connectivity index (χ0n) is 74.0. The number of rotatable bonds is 8. The summed E-state index contributed by atoms with van der Waals surface area (Å²) in [5.41, 5.74) is 23.9.